The van der Waals surface area contributed by atoms with Crippen LogP contribution in [0.2, 0.25) is 0 Å². The van der Waals surface area contributed by atoms with Crippen LogP contribution in [0.1, 0.15) is 31.9 Å². The van der Waals surface area contributed by atoms with Crippen molar-refractivity contribution in [2.24, 2.45) is 0 Å². The molecule has 0 aliphatic carbocycles. The Kier molecular flexibility index (Phi) is 4.67. The van der Waals surface area contributed by atoms with Gasteiger partial charge in [-0.25, -0.2) is 4.79 Å². The number of nitrogens with one attached hydrogen (secondary N) is 2. The van der Waals surface area contributed by atoms with E-state index in [-0.39, 0.29) is 5.56 Å². The minimum absolute atomic E-state index is 0.0164. The van der Waals surface area contributed by atoms with E-state index < -0.39 is 11.7 Å². The van der Waals surface area contributed by atoms with Gasteiger partial charge in [-0.15, -0.1) is 0 Å². The number of rotatable bonds is 3. The molecule has 6 heteroatoms. The Hall–Kier alpha value is -1.82. The van der Waals surface area contributed by atoms with Gasteiger partial charge in [0.15, 0.2) is 0 Å². The van der Waals surface area contributed by atoms with Gasteiger partial charge in [-0.2, -0.15) is 0 Å². The fourth-order valence-electron chi connectivity index (χ4n) is 2.36. The zero-order chi connectivity index (χ0) is 15.5. The highest BCUT2D eigenvalue weighted by Crippen LogP contribution is 2.14. The van der Waals surface area contributed by atoms with Gasteiger partial charge >= 0.3 is 6.09 Å². The maximum absolute atomic E-state index is 11.8. The fraction of sp³-hybridized carbons (Fsp3) is 0.600. The molecule has 0 radical (unpaired) electrons. The van der Waals surface area contributed by atoms with Crippen molar-refractivity contribution in [2.45, 2.75) is 39.3 Å². The molecule has 0 saturated carbocycles. The zero-order valence-corrected chi connectivity index (χ0v) is 12.9. The highest BCUT2D eigenvalue weighted by atomic mass is 16.6. The third kappa shape index (κ3) is 4.60. The van der Waals surface area contributed by atoms with Crippen LogP contribution in [0.25, 0.3) is 0 Å². The van der Waals surface area contributed by atoms with Gasteiger partial charge in [0.05, 0.1) is 0 Å². The maximum Gasteiger partial charge on any atom is 0.407 e. The predicted octanol–water partition coefficient (Wildman–Crippen LogP) is 1.26. The largest absolute Gasteiger partial charge is 0.444 e. The number of aromatic nitrogens is 1. The summed E-state index contributed by atoms with van der Waals surface area (Å²) >= 11 is 0. The molecule has 0 unspecified atom stereocenters. The molecule has 0 aromatic carbocycles. The van der Waals surface area contributed by atoms with Crippen molar-refractivity contribution < 1.29 is 9.53 Å². The van der Waals surface area contributed by atoms with Crippen molar-refractivity contribution >= 4 is 6.09 Å². The van der Waals surface area contributed by atoms with Crippen molar-refractivity contribution in [2.75, 3.05) is 19.6 Å². The number of fused-ring (bicyclic) bond motifs is 1. The smallest absolute Gasteiger partial charge is 0.407 e. The van der Waals surface area contributed by atoms with Gasteiger partial charge in [-0.3, -0.25) is 9.69 Å². The molecule has 0 atom stereocenters. The number of carbonyl (C=O) groups is 1. The topological polar surface area (TPSA) is 74.4 Å². The SMILES string of the molecule is CC(C)(C)OC(=O)NCCN1CCc2cc[nH]c(=O)c2C1. The Balaban J connectivity index is 1.80. The summed E-state index contributed by atoms with van der Waals surface area (Å²) in [7, 11) is 0. The first-order valence-electron chi connectivity index (χ1n) is 7.24. The summed E-state index contributed by atoms with van der Waals surface area (Å²) in [4.78, 5) is 28.2. The Morgan fingerprint density at radius 1 is 1.48 bits per heavy atom. The summed E-state index contributed by atoms with van der Waals surface area (Å²) in [5.74, 6) is 0. The summed E-state index contributed by atoms with van der Waals surface area (Å²) in [5.41, 5.74) is 1.45. The molecular weight excluding hydrogens is 270 g/mol. The van der Waals surface area contributed by atoms with Gasteiger partial charge in [0.2, 0.25) is 0 Å². The lowest BCUT2D eigenvalue weighted by molar-refractivity contribution is 0.0521. The lowest BCUT2D eigenvalue weighted by atomic mass is 10.0. The molecule has 1 aliphatic rings. The van der Waals surface area contributed by atoms with Gasteiger partial charge in [0, 0.05) is 37.9 Å². The van der Waals surface area contributed by atoms with Crippen LogP contribution in [0, 0.1) is 0 Å². The van der Waals surface area contributed by atoms with Crippen molar-refractivity contribution in [1.29, 1.82) is 0 Å². The summed E-state index contributed by atoms with van der Waals surface area (Å²) in [6.07, 6.45) is 2.16. The first-order valence-corrected chi connectivity index (χ1v) is 7.24. The van der Waals surface area contributed by atoms with Crippen molar-refractivity contribution in [3.8, 4) is 0 Å². The number of ether oxygens (including phenoxy) is 1. The monoisotopic (exact) mass is 293 g/mol. The van der Waals surface area contributed by atoms with Gasteiger partial charge in [0.1, 0.15) is 5.60 Å². The van der Waals surface area contributed by atoms with E-state index in [1.165, 1.54) is 0 Å². The summed E-state index contributed by atoms with van der Waals surface area (Å²) in [5, 5.41) is 2.74. The first kappa shape index (κ1) is 15.6. The molecule has 0 fully saturated rings. The molecule has 2 rings (SSSR count). The van der Waals surface area contributed by atoms with E-state index in [0.29, 0.717) is 19.6 Å². The molecule has 2 N–H and O–H groups in total. The van der Waals surface area contributed by atoms with E-state index in [4.69, 9.17) is 4.74 Å². The quantitative estimate of drug-likeness (QED) is 0.880. The Bertz CT molecular complexity index is 560. The first-order chi connectivity index (χ1) is 9.85. The lowest BCUT2D eigenvalue weighted by Crippen LogP contribution is -2.41. The van der Waals surface area contributed by atoms with E-state index >= 15 is 0 Å². The molecule has 1 aromatic rings. The Morgan fingerprint density at radius 2 is 2.24 bits per heavy atom. The van der Waals surface area contributed by atoms with E-state index in [9.17, 15) is 9.59 Å². The third-order valence-electron chi connectivity index (χ3n) is 3.34. The predicted molar refractivity (Wildman–Crippen MR) is 80.3 cm³/mol. The number of aromatic amines is 1. The fourth-order valence-corrected chi connectivity index (χ4v) is 2.36. The molecular formula is C15H23N3O3. The number of pyridine rings is 1. The minimum atomic E-state index is -0.485. The number of alkyl carbamates (subject to hydrolysis) is 1. The summed E-state index contributed by atoms with van der Waals surface area (Å²) < 4.78 is 5.18. The average molecular weight is 293 g/mol. The number of carbonyl (C=O) groups excluding carboxylic acids is 1. The number of H-pyrrole nitrogens is 1. The number of amides is 1. The Morgan fingerprint density at radius 3 is 2.95 bits per heavy atom. The van der Waals surface area contributed by atoms with Gasteiger partial charge in [-0.1, -0.05) is 0 Å². The van der Waals surface area contributed by atoms with Crippen LogP contribution in [0.5, 0.6) is 0 Å². The number of hydrogen-bond donors (Lipinski definition) is 2. The van der Waals surface area contributed by atoms with Crippen LogP contribution in [-0.2, 0) is 17.7 Å². The molecule has 1 aromatic heterocycles. The van der Waals surface area contributed by atoms with Crippen LogP contribution < -0.4 is 10.9 Å². The highest BCUT2D eigenvalue weighted by molar-refractivity contribution is 5.67. The van der Waals surface area contributed by atoms with Gasteiger partial charge in [-0.05, 0) is 38.8 Å². The normalized spacial score (nSPS) is 15.4. The van der Waals surface area contributed by atoms with E-state index in [0.717, 1.165) is 24.1 Å². The van der Waals surface area contributed by atoms with Gasteiger partial charge in [0.25, 0.3) is 5.56 Å². The molecule has 21 heavy (non-hydrogen) atoms. The van der Waals surface area contributed by atoms with Crippen LogP contribution in [0.4, 0.5) is 4.79 Å². The summed E-state index contributed by atoms with van der Waals surface area (Å²) in [6, 6.07) is 1.97. The second kappa shape index (κ2) is 6.30. The highest BCUT2D eigenvalue weighted by Gasteiger charge is 2.19. The number of hydrogen-bond acceptors (Lipinski definition) is 4. The molecule has 0 bridgehead atoms. The molecule has 6 nitrogen and oxygen atoms in total. The van der Waals surface area contributed by atoms with Crippen molar-refractivity contribution in [3.63, 3.8) is 0 Å². The molecule has 2 heterocycles. The van der Waals surface area contributed by atoms with Crippen LogP contribution in [0.3, 0.4) is 0 Å². The van der Waals surface area contributed by atoms with Gasteiger partial charge < -0.3 is 15.0 Å². The molecule has 0 saturated heterocycles. The second-order valence-electron chi connectivity index (χ2n) is 6.27. The molecule has 1 amide bonds. The van der Waals surface area contributed by atoms with Crippen LogP contribution in [-0.4, -0.2) is 41.2 Å². The van der Waals surface area contributed by atoms with Crippen LogP contribution >= 0.6 is 0 Å². The average Bonchev–Trinajstić information content (AvgIpc) is 2.37. The standard InChI is InChI=1S/C15H23N3O3/c1-15(2,3)21-14(20)17-7-9-18-8-5-11-4-6-16-13(19)12(11)10-18/h4,6H,5,7-10H2,1-3H3,(H,16,19)(H,17,20). The number of nitrogens with zero attached hydrogens (tertiary/aromatic N) is 1. The van der Waals surface area contributed by atoms with Crippen molar-refractivity contribution in [3.05, 3.63) is 33.7 Å². The Labute approximate surface area is 124 Å². The maximum atomic E-state index is 11.8. The molecule has 0 spiro atoms. The van der Waals surface area contributed by atoms with Crippen molar-refractivity contribution in [1.82, 2.24) is 15.2 Å². The summed E-state index contributed by atoms with van der Waals surface area (Å²) in [6.45, 7) is 8.23. The zero-order valence-electron chi connectivity index (χ0n) is 12.9. The lowest BCUT2D eigenvalue weighted by Gasteiger charge is -2.28. The van der Waals surface area contributed by atoms with E-state index in [2.05, 4.69) is 15.2 Å². The van der Waals surface area contributed by atoms with Crippen LogP contribution in [0.15, 0.2) is 17.1 Å². The van der Waals surface area contributed by atoms with E-state index in [1.54, 1.807) is 6.20 Å². The third-order valence-corrected chi connectivity index (χ3v) is 3.34. The molecule has 1 aliphatic heterocycles. The molecule has 116 valence electrons. The second-order valence-corrected chi connectivity index (χ2v) is 6.27. The van der Waals surface area contributed by atoms with E-state index in [1.807, 2.05) is 26.8 Å². The minimum Gasteiger partial charge on any atom is -0.444 e.